The van der Waals surface area contributed by atoms with Gasteiger partial charge >= 0.3 is 0 Å². The van der Waals surface area contributed by atoms with Gasteiger partial charge in [-0.05, 0) is 73.2 Å². The molecule has 0 aliphatic carbocycles. The Morgan fingerprint density at radius 2 is 1.79 bits per heavy atom. The second kappa shape index (κ2) is 10.7. The number of rotatable bonds is 7. The number of amides is 1. The Labute approximate surface area is 209 Å². The van der Waals surface area contributed by atoms with Crippen molar-refractivity contribution in [2.45, 2.75) is 12.1 Å². The predicted molar refractivity (Wildman–Crippen MR) is 139 cm³/mol. The predicted octanol–water partition coefficient (Wildman–Crippen LogP) is 4.79. The quantitative estimate of drug-likeness (QED) is 0.159. The number of hydrazone groups is 1. The Morgan fingerprint density at radius 3 is 2.50 bits per heavy atom. The molecule has 0 saturated heterocycles. The second-order valence-electron chi connectivity index (χ2n) is 7.28. The van der Waals surface area contributed by atoms with E-state index in [1.54, 1.807) is 25.3 Å². The van der Waals surface area contributed by atoms with Crippen molar-refractivity contribution in [3.63, 3.8) is 0 Å². The van der Waals surface area contributed by atoms with Crippen LogP contribution < -0.4 is 15.7 Å². The number of aromatic nitrogens is 2. The molecule has 0 radical (unpaired) electrons. The van der Waals surface area contributed by atoms with Gasteiger partial charge < -0.3 is 4.74 Å². The maximum Gasteiger partial charge on any atom is 0.266 e. The van der Waals surface area contributed by atoms with Crippen LogP contribution in [0.3, 0.4) is 0 Å². The smallest absolute Gasteiger partial charge is 0.266 e. The normalized spacial score (nSPS) is 11.4. The second-order valence-corrected chi connectivity index (χ2v) is 9.14. The molecular weight excluding hydrogens is 516 g/mol. The third kappa shape index (κ3) is 5.37. The minimum atomic E-state index is -0.303. The highest BCUT2D eigenvalue weighted by atomic mass is 79.9. The molecular formula is C25H21BrN4O3S. The third-order valence-electron chi connectivity index (χ3n) is 5.02. The van der Waals surface area contributed by atoms with Crippen molar-refractivity contribution in [3.05, 3.63) is 93.2 Å². The number of benzene rings is 3. The zero-order chi connectivity index (χ0) is 24.1. The molecule has 1 heterocycles. The van der Waals surface area contributed by atoms with E-state index in [2.05, 4.69) is 31.4 Å². The van der Waals surface area contributed by atoms with Crippen LogP contribution in [0.25, 0.3) is 16.6 Å². The van der Waals surface area contributed by atoms with Gasteiger partial charge in [-0.25, -0.2) is 10.4 Å². The number of ether oxygens (including phenoxy) is 1. The molecule has 0 atom stereocenters. The molecule has 0 unspecified atom stereocenters. The van der Waals surface area contributed by atoms with Gasteiger partial charge in [0.1, 0.15) is 5.75 Å². The van der Waals surface area contributed by atoms with Crippen molar-refractivity contribution < 1.29 is 9.53 Å². The Bertz CT molecular complexity index is 1420. The molecule has 0 spiro atoms. The molecule has 0 aliphatic rings. The van der Waals surface area contributed by atoms with E-state index in [1.807, 2.05) is 61.5 Å². The Balaban J connectivity index is 1.55. The van der Waals surface area contributed by atoms with Crippen molar-refractivity contribution in [2.75, 3.05) is 12.9 Å². The molecule has 0 fully saturated rings. The van der Waals surface area contributed by atoms with Gasteiger partial charge in [-0.3, -0.25) is 14.2 Å². The summed E-state index contributed by atoms with van der Waals surface area (Å²) in [5.41, 5.74) is 5.17. The van der Waals surface area contributed by atoms with E-state index >= 15 is 0 Å². The minimum Gasteiger partial charge on any atom is -0.497 e. The van der Waals surface area contributed by atoms with Crippen LogP contribution in [-0.4, -0.2) is 34.0 Å². The summed E-state index contributed by atoms with van der Waals surface area (Å²) in [5, 5.41) is 5.13. The van der Waals surface area contributed by atoms with Gasteiger partial charge in [0.15, 0.2) is 5.16 Å². The van der Waals surface area contributed by atoms with Crippen molar-refractivity contribution >= 4 is 50.2 Å². The lowest BCUT2D eigenvalue weighted by Gasteiger charge is -2.13. The number of methoxy groups -OCH3 is 1. The molecule has 9 heteroatoms. The largest absolute Gasteiger partial charge is 0.497 e. The summed E-state index contributed by atoms with van der Waals surface area (Å²) in [4.78, 5) is 30.4. The summed E-state index contributed by atoms with van der Waals surface area (Å²) >= 11 is 4.60. The highest BCUT2D eigenvalue weighted by Crippen LogP contribution is 2.22. The zero-order valence-corrected chi connectivity index (χ0v) is 20.9. The van der Waals surface area contributed by atoms with E-state index in [0.29, 0.717) is 27.5 Å². The first-order valence-electron chi connectivity index (χ1n) is 10.3. The fourth-order valence-electron chi connectivity index (χ4n) is 3.23. The summed E-state index contributed by atoms with van der Waals surface area (Å²) in [6.07, 6.45) is 0. The molecule has 4 aromatic rings. The van der Waals surface area contributed by atoms with Gasteiger partial charge in [-0.2, -0.15) is 5.10 Å². The maximum atomic E-state index is 13.3. The summed E-state index contributed by atoms with van der Waals surface area (Å²) in [5.74, 6) is 0.486. The molecule has 1 aromatic heterocycles. The number of para-hydroxylation sites is 1. The molecule has 172 valence electrons. The van der Waals surface area contributed by atoms with E-state index in [1.165, 1.54) is 16.3 Å². The van der Waals surface area contributed by atoms with Crippen molar-refractivity contribution in [1.29, 1.82) is 0 Å². The summed E-state index contributed by atoms with van der Waals surface area (Å²) < 4.78 is 7.58. The number of hydrogen-bond acceptors (Lipinski definition) is 6. The average molecular weight is 537 g/mol. The first-order chi connectivity index (χ1) is 16.5. The number of thioether (sulfide) groups is 1. The molecule has 34 heavy (non-hydrogen) atoms. The first-order valence-corrected chi connectivity index (χ1v) is 12.1. The van der Waals surface area contributed by atoms with Crippen molar-refractivity contribution in [1.82, 2.24) is 15.0 Å². The molecule has 0 aliphatic heterocycles. The third-order valence-corrected chi connectivity index (χ3v) is 6.49. The van der Waals surface area contributed by atoms with Crippen LogP contribution in [0.5, 0.6) is 5.75 Å². The standard InChI is InChI=1S/C25H21BrN4O3S/c1-16(17-7-13-20(33-2)14-8-17)28-29-23(31)15-34-25-27-22-6-4-3-5-21(22)24(32)30(25)19-11-9-18(26)10-12-19/h3-14H,15H2,1-2H3,(H,29,31). The van der Waals surface area contributed by atoms with Crippen LogP contribution in [0.4, 0.5) is 0 Å². The highest BCUT2D eigenvalue weighted by molar-refractivity contribution is 9.10. The average Bonchev–Trinajstić information content (AvgIpc) is 2.87. The fourth-order valence-corrected chi connectivity index (χ4v) is 4.30. The molecule has 7 nitrogen and oxygen atoms in total. The van der Waals surface area contributed by atoms with E-state index in [9.17, 15) is 9.59 Å². The van der Waals surface area contributed by atoms with Gasteiger partial charge in [-0.15, -0.1) is 0 Å². The topological polar surface area (TPSA) is 85.6 Å². The van der Waals surface area contributed by atoms with Crippen LogP contribution in [0.2, 0.25) is 0 Å². The summed E-state index contributed by atoms with van der Waals surface area (Å²) in [7, 11) is 1.61. The lowest BCUT2D eigenvalue weighted by molar-refractivity contribution is -0.118. The Hall–Kier alpha value is -3.43. The SMILES string of the molecule is COc1ccc(C(C)=NNC(=O)CSc2nc3ccccc3c(=O)n2-c2ccc(Br)cc2)cc1. The van der Waals surface area contributed by atoms with Crippen molar-refractivity contribution in [3.8, 4) is 11.4 Å². The monoisotopic (exact) mass is 536 g/mol. The first kappa shape index (κ1) is 23.7. The molecule has 0 saturated carbocycles. The maximum absolute atomic E-state index is 13.3. The summed E-state index contributed by atoms with van der Waals surface area (Å²) in [6, 6.07) is 21.9. The lowest BCUT2D eigenvalue weighted by Crippen LogP contribution is -2.24. The molecule has 1 N–H and O–H groups in total. The van der Waals surface area contributed by atoms with E-state index in [0.717, 1.165) is 15.8 Å². The number of hydrogen-bond donors (Lipinski definition) is 1. The van der Waals surface area contributed by atoms with E-state index < -0.39 is 0 Å². The van der Waals surface area contributed by atoms with Crippen LogP contribution in [-0.2, 0) is 4.79 Å². The lowest BCUT2D eigenvalue weighted by atomic mass is 10.1. The number of nitrogens with one attached hydrogen (secondary N) is 1. The molecule has 0 bridgehead atoms. The van der Waals surface area contributed by atoms with E-state index in [4.69, 9.17) is 4.74 Å². The van der Waals surface area contributed by atoms with Crippen molar-refractivity contribution in [2.24, 2.45) is 5.10 Å². The number of halogens is 1. The van der Waals surface area contributed by atoms with Crippen LogP contribution >= 0.6 is 27.7 Å². The number of fused-ring (bicyclic) bond motifs is 1. The molecule has 1 amide bonds. The van der Waals surface area contributed by atoms with Crippen LogP contribution in [0.15, 0.2) is 92.3 Å². The van der Waals surface area contributed by atoms with Crippen LogP contribution in [0, 0.1) is 0 Å². The number of nitrogens with zero attached hydrogens (tertiary/aromatic N) is 3. The van der Waals surface area contributed by atoms with Gasteiger partial charge in [0, 0.05) is 4.47 Å². The number of carbonyl (C=O) groups is 1. The zero-order valence-electron chi connectivity index (χ0n) is 18.5. The Kier molecular flexibility index (Phi) is 7.44. The van der Waals surface area contributed by atoms with Gasteiger partial charge in [-0.1, -0.05) is 39.8 Å². The fraction of sp³-hybridized carbons (Fsp3) is 0.120. The minimum absolute atomic E-state index is 0.0424. The molecule has 3 aromatic carbocycles. The van der Waals surface area contributed by atoms with Gasteiger partial charge in [0.25, 0.3) is 11.5 Å². The molecule has 4 rings (SSSR count). The summed E-state index contributed by atoms with van der Waals surface area (Å²) in [6.45, 7) is 1.81. The number of carbonyl (C=O) groups excluding carboxylic acids is 1. The Morgan fingerprint density at radius 1 is 1.09 bits per heavy atom. The van der Waals surface area contributed by atoms with E-state index in [-0.39, 0.29) is 17.2 Å². The highest BCUT2D eigenvalue weighted by Gasteiger charge is 2.15. The van der Waals surface area contributed by atoms with Gasteiger partial charge in [0.05, 0.1) is 35.2 Å². The van der Waals surface area contributed by atoms with Crippen LogP contribution in [0.1, 0.15) is 12.5 Å². The van der Waals surface area contributed by atoms with Gasteiger partial charge in [0.2, 0.25) is 0 Å².